The lowest BCUT2D eigenvalue weighted by atomic mass is 10.0. The molecule has 0 fully saturated rings. The van der Waals surface area contributed by atoms with Crippen molar-refractivity contribution in [1.82, 2.24) is 0 Å². The first-order valence-electron chi connectivity index (χ1n) is 11.9. The number of hydrogen-bond acceptors (Lipinski definition) is 2. The highest BCUT2D eigenvalue weighted by Gasteiger charge is 2.01. The fourth-order valence-electron chi connectivity index (χ4n) is 3.34. The Morgan fingerprint density at radius 2 is 1.32 bits per heavy atom. The van der Waals surface area contributed by atoms with Crippen LogP contribution >= 0.6 is 0 Å². The molecule has 1 unspecified atom stereocenters. The third kappa shape index (κ3) is 23.0. The lowest BCUT2D eigenvalue weighted by Crippen LogP contribution is -2.04. The van der Waals surface area contributed by atoms with E-state index in [2.05, 4.69) is 31.2 Å². The monoisotopic (exact) mass is 394 g/mol. The van der Waals surface area contributed by atoms with E-state index in [4.69, 9.17) is 5.11 Å². The second-order valence-electron chi connectivity index (χ2n) is 8.03. The first-order valence-corrected chi connectivity index (χ1v) is 11.9. The number of aliphatic hydroxyl groups excluding tert-OH is 1. The molecule has 0 amide bonds. The third-order valence-corrected chi connectivity index (χ3v) is 5.17. The molecule has 2 N–H and O–H groups in total. The van der Waals surface area contributed by atoms with E-state index in [0.717, 1.165) is 44.9 Å². The zero-order chi connectivity index (χ0) is 20.7. The van der Waals surface area contributed by atoms with Crippen LogP contribution in [0.25, 0.3) is 0 Å². The molecule has 0 aromatic rings. The molecule has 0 bridgehead atoms. The van der Waals surface area contributed by atoms with Gasteiger partial charge in [-0.2, -0.15) is 0 Å². The molecule has 0 heterocycles. The second-order valence-corrected chi connectivity index (χ2v) is 8.03. The zero-order valence-corrected chi connectivity index (χ0v) is 18.4. The number of carboxylic acid groups (broad SMARTS) is 1. The molecule has 0 aromatic heterocycles. The van der Waals surface area contributed by atoms with Crippen LogP contribution in [0.4, 0.5) is 0 Å². The number of allylic oxidation sites excluding steroid dienone is 3. The Kier molecular flexibility index (Phi) is 21.3. The van der Waals surface area contributed by atoms with Crippen LogP contribution in [-0.2, 0) is 4.79 Å². The maximum absolute atomic E-state index is 10.4. The molecule has 1 atom stereocenters. The topological polar surface area (TPSA) is 57.5 Å². The van der Waals surface area contributed by atoms with Crippen LogP contribution in [0.1, 0.15) is 122 Å². The smallest absolute Gasteiger partial charge is 0.303 e. The standard InChI is InChI=1S/C25H46O3/c1-2-3-4-5-6-7-8-9-12-15-18-21-24(26)22-19-16-13-10-11-14-17-20-23-25(27)28/h8-9,15,18,24,26H,2-7,10-14,16-17,19-23H2,1H3,(H,27,28). The number of hydrogen-bond donors (Lipinski definition) is 2. The predicted octanol–water partition coefficient (Wildman–Crippen LogP) is 7.59. The summed E-state index contributed by atoms with van der Waals surface area (Å²) in [6.07, 6.45) is 28.4. The zero-order valence-electron chi connectivity index (χ0n) is 18.4. The molecule has 0 aliphatic carbocycles. The van der Waals surface area contributed by atoms with Crippen LogP contribution in [-0.4, -0.2) is 22.3 Å². The van der Waals surface area contributed by atoms with Crippen molar-refractivity contribution in [3.8, 4) is 0 Å². The minimum Gasteiger partial charge on any atom is -0.481 e. The highest BCUT2D eigenvalue weighted by atomic mass is 16.4. The summed E-state index contributed by atoms with van der Waals surface area (Å²) in [7, 11) is 0. The molecule has 0 radical (unpaired) electrons. The van der Waals surface area contributed by atoms with Crippen molar-refractivity contribution in [2.24, 2.45) is 0 Å². The Morgan fingerprint density at radius 3 is 2.00 bits per heavy atom. The molecule has 0 aliphatic heterocycles. The number of aliphatic hydroxyl groups is 1. The highest BCUT2D eigenvalue weighted by Crippen LogP contribution is 2.12. The van der Waals surface area contributed by atoms with Crippen molar-refractivity contribution in [2.75, 3.05) is 0 Å². The summed E-state index contributed by atoms with van der Waals surface area (Å²) in [6.45, 7) is 2.25. The van der Waals surface area contributed by atoms with Gasteiger partial charge in [0.1, 0.15) is 0 Å². The molecule has 0 saturated carbocycles. The van der Waals surface area contributed by atoms with Crippen LogP contribution in [0, 0.1) is 0 Å². The van der Waals surface area contributed by atoms with Crippen LogP contribution in [0.3, 0.4) is 0 Å². The van der Waals surface area contributed by atoms with Gasteiger partial charge in [0, 0.05) is 6.42 Å². The summed E-state index contributed by atoms with van der Waals surface area (Å²) in [5, 5.41) is 18.6. The van der Waals surface area contributed by atoms with Crippen LogP contribution in [0.2, 0.25) is 0 Å². The average Bonchev–Trinajstić information content (AvgIpc) is 2.67. The number of unbranched alkanes of at least 4 members (excludes halogenated alkanes) is 12. The predicted molar refractivity (Wildman–Crippen MR) is 121 cm³/mol. The van der Waals surface area contributed by atoms with Crippen molar-refractivity contribution in [2.45, 2.75) is 129 Å². The maximum atomic E-state index is 10.4. The van der Waals surface area contributed by atoms with Crippen molar-refractivity contribution in [3.63, 3.8) is 0 Å². The molecule has 3 nitrogen and oxygen atoms in total. The molecule has 28 heavy (non-hydrogen) atoms. The Morgan fingerprint density at radius 1 is 0.750 bits per heavy atom. The number of rotatable bonds is 21. The largest absolute Gasteiger partial charge is 0.481 e. The molecule has 0 saturated heterocycles. The molecule has 3 heteroatoms. The van der Waals surface area contributed by atoms with Crippen molar-refractivity contribution >= 4 is 5.97 Å². The second kappa shape index (κ2) is 22.2. The molecule has 0 rings (SSSR count). The summed E-state index contributed by atoms with van der Waals surface area (Å²) in [6, 6.07) is 0. The van der Waals surface area contributed by atoms with Crippen LogP contribution in [0.5, 0.6) is 0 Å². The van der Waals surface area contributed by atoms with Crippen molar-refractivity contribution < 1.29 is 15.0 Å². The van der Waals surface area contributed by atoms with E-state index < -0.39 is 5.97 Å². The summed E-state index contributed by atoms with van der Waals surface area (Å²) in [5.41, 5.74) is 0. The minimum absolute atomic E-state index is 0.199. The normalized spacial score (nSPS) is 12.9. The first-order chi connectivity index (χ1) is 13.7. The van der Waals surface area contributed by atoms with Gasteiger partial charge in [0.2, 0.25) is 0 Å². The fraction of sp³-hybridized carbons (Fsp3) is 0.800. The highest BCUT2D eigenvalue weighted by molar-refractivity contribution is 5.66. The van der Waals surface area contributed by atoms with Crippen molar-refractivity contribution in [1.29, 1.82) is 0 Å². The van der Waals surface area contributed by atoms with Gasteiger partial charge in [0.15, 0.2) is 0 Å². The first kappa shape index (κ1) is 26.9. The quantitative estimate of drug-likeness (QED) is 0.156. The van der Waals surface area contributed by atoms with E-state index in [-0.39, 0.29) is 6.10 Å². The van der Waals surface area contributed by atoms with Crippen LogP contribution < -0.4 is 0 Å². The van der Waals surface area contributed by atoms with Gasteiger partial charge in [-0.3, -0.25) is 4.79 Å². The summed E-state index contributed by atoms with van der Waals surface area (Å²) in [5.74, 6) is -0.682. The lowest BCUT2D eigenvalue weighted by Gasteiger charge is -2.07. The fourth-order valence-corrected chi connectivity index (χ4v) is 3.34. The van der Waals surface area contributed by atoms with Gasteiger partial charge in [-0.05, 0) is 38.5 Å². The van der Waals surface area contributed by atoms with Crippen molar-refractivity contribution in [3.05, 3.63) is 24.3 Å². The number of carbonyl (C=O) groups is 1. The van der Waals surface area contributed by atoms with E-state index in [1.54, 1.807) is 0 Å². The molecule has 0 aliphatic rings. The Balaban J connectivity index is 3.33. The minimum atomic E-state index is -0.682. The summed E-state index contributed by atoms with van der Waals surface area (Å²) < 4.78 is 0. The van der Waals surface area contributed by atoms with Gasteiger partial charge >= 0.3 is 5.97 Å². The van der Waals surface area contributed by atoms with Gasteiger partial charge in [-0.1, -0.05) is 102 Å². The average molecular weight is 395 g/mol. The SMILES string of the molecule is CCCCCCCC=CCC=CCC(O)CCCCCCCCCCC(=O)O. The number of aliphatic carboxylic acids is 1. The molecule has 0 aromatic carbocycles. The van der Waals surface area contributed by atoms with E-state index in [1.807, 2.05) is 0 Å². The van der Waals surface area contributed by atoms with Gasteiger partial charge in [0.05, 0.1) is 6.10 Å². The molecular formula is C25H46O3. The summed E-state index contributed by atoms with van der Waals surface area (Å²) in [4.78, 5) is 10.4. The van der Waals surface area contributed by atoms with Gasteiger partial charge in [-0.15, -0.1) is 0 Å². The van der Waals surface area contributed by atoms with E-state index >= 15 is 0 Å². The van der Waals surface area contributed by atoms with E-state index in [1.165, 1.54) is 64.2 Å². The Labute approximate surface area is 174 Å². The number of carboxylic acids is 1. The molecular weight excluding hydrogens is 348 g/mol. The summed E-state index contributed by atoms with van der Waals surface area (Å²) >= 11 is 0. The van der Waals surface area contributed by atoms with Crippen LogP contribution in [0.15, 0.2) is 24.3 Å². The molecule has 0 spiro atoms. The molecule has 164 valence electrons. The lowest BCUT2D eigenvalue weighted by molar-refractivity contribution is -0.137. The van der Waals surface area contributed by atoms with E-state index in [9.17, 15) is 9.90 Å². The Hall–Kier alpha value is -1.09. The maximum Gasteiger partial charge on any atom is 0.303 e. The van der Waals surface area contributed by atoms with Gasteiger partial charge in [-0.25, -0.2) is 0 Å². The van der Waals surface area contributed by atoms with Gasteiger partial charge in [0.25, 0.3) is 0 Å². The van der Waals surface area contributed by atoms with E-state index in [0.29, 0.717) is 6.42 Å². The third-order valence-electron chi connectivity index (χ3n) is 5.17. The Bertz CT molecular complexity index is 387. The van der Waals surface area contributed by atoms with Gasteiger partial charge < -0.3 is 10.2 Å².